The van der Waals surface area contributed by atoms with Crippen molar-refractivity contribution in [3.8, 4) is 22.3 Å². The van der Waals surface area contributed by atoms with Gasteiger partial charge in [0.15, 0.2) is 0 Å². The standard InChI is InChI=1S/C20H15F3N2/c21-20(22,23)17-12-5-4-9-14(17)15-10-6-11-16(19(24)25)18(15)13-7-2-1-3-8-13/h1-12H,(H3,24,25). The Kier molecular flexibility index (Phi) is 4.31. The maximum atomic E-state index is 13.5. The van der Waals surface area contributed by atoms with E-state index < -0.39 is 11.7 Å². The lowest BCUT2D eigenvalue weighted by molar-refractivity contribution is -0.137. The third-order valence-electron chi connectivity index (χ3n) is 3.94. The van der Waals surface area contributed by atoms with Crippen molar-refractivity contribution in [3.05, 3.63) is 83.9 Å². The molecular weight excluding hydrogens is 325 g/mol. The summed E-state index contributed by atoms with van der Waals surface area (Å²) in [7, 11) is 0. The Morgan fingerprint density at radius 3 is 2.00 bits per heavy atom. The molecular formula is C20H15F3N2. The minimum atomic E-state index is -4.48. The molecule has 0 heterocycles. The van der Waals surface area contributed by atoms with Gasteiger partial charge in [0, 0.05) is 11.1 Å². The van der Waals surface area contributed by atoms with Crippen LogP contribution < -0.4 is 5.73 Å². The van der Waals surface area contributed by atoms with Crippen LogP contribution in [0.2, 0.25) is 0 Å². The van der Waals surface area contributed by atoms with Crippen LogP contribution in [0.4, 0.5) is 13.2 Å². The van der Waals surface area contributed by atoms with E-state index in [-0.39, 0.29) is 11.4 Å². The van der Waals surface area contributed by atoms with Crippen molar-refractivity contribution >= 4 is 5.84 Å². The molecule has 0 aliphatic heterocycles. The molecule has 126 valence electrons. The fourth-order valence-electron chi connectivity index (χ4n) is 2.88. The van der Waals surface area contributed by atoms with E-state index in [4.69, 9.17) is 11.1 Å². The second kappa shape index (κ2) is 6.43. The first-order chi connectivity index (χ1) is 11.9. The number of amidine groups is 1. The van der Waals surface area contributed by atoms with Gasteiger partial charge in [0.2, 0.25) is 0 Å². The Hall–Kier alpha value is -3.08. The maximum Gasteiger partial charge on any atom is 0.417 e. The van der Waals surface area contributed by atoms with Crippen molar-refractivity contribution in [2.75, 3.05) is 0 Å². The van der Waals surface area contributed by atoms with Crippen LogP contribution in [0, 0.1) is 5.41 Å². The second-order valence-corrected chi connectivity index (χ2v) is 5.55. The minimum absolute atomic E-state index is 0.0666. The first-order valence-corrected chi connectivity index (χ1v) is 7.59. The predicted molar refractivity (Wildman–Crippen MR) is 93.3 cm³/mol. The van der Waals surface area contributed by atoms with Gasteiger partial charge in [-0.25, -0.2) is 0 Å². The molecule has 0 saturated carbocycles. The van der Waals surface area contributed by atoms with Crippen molar-refractivity contribution in [1.82, 2.24) is 0 Å². The molecule has 3 aromatic rings. The number of halogens is 3. The lowest BCUT2D eigenvalue weighted by Crippen LogP contribution is -2.13. The van der Waals surface area contributed by atoms with E-state index in [0.717, 1.165) is 6.07 Å². The quantitative estimate of drug-likeness (QED) is 0.492. The molecule has 0 radical (unpaired) electrons. The summed E-state index contributed by atoms with van der Waals surface area (Å²) in [6, 6.07) is 19.3. The zero-order chi connectivity index (χ0) is 18.0. The molecule has 0 unspecified atom stereocenters. The van der Waals surface area contributed by atoms with Gasteiger partial charge >= 0.3 is 6.18 Å². The summed E-state index contributed by atoms with van der Waals surface area (Å²) in [5, 5.41) is 7.82. The van der Waals surface area contributed by atoms with Crippen molar-refractivity contribution in [2.45, 2.75) is 6.18 Å². The van der Waals surface area contributed by atoms with Gasteiger partial charge in [0.1, 0.15) is 5.84 Å². The molecule has 0 saturated heterocycles. The topological polar surface area (TPSA) is 49.9 Å². The summed E-state index contributed by atoms with van der Waals surface area (Å²) >= 11 is 0. The first-order valence-electron chi connectivity index (χ1n) is 7.59. The van der Waals surface area contributed by atoms with Crippen molar-refractivity contribution in [3.63, 3.8) is 0 Å². The molecule has 5 heteroatoms. The number of benzene rings is 3. The molecule has 0 amide bonds. The van der Waals surface area contributed by atoms with Gasteiger partial charge < -0.3 is 5.73 Å². The van der Waals surface area contributed by atoms with Crippen LogP contribution >= 0.6 is 0 Å². The lowest BCUT2D eigenvalue weighted by atomic mass is 9.88. The Labute approximate surface area is 143 Å². The number of nitrogens with two attached hydrogens (primary N) is 1. The molecule has 0 atom stereocenters. The van der Waals surface area contributed by atoms with E-state index in [1.165, 1.54) is 12.1 Å². The monoisotopic (exact) mass is 340 g/mol. The van der Waals surface area contributed by atoms with E-state index in [1.807, 2.05) is 6.07 Å². The number of nitrogen functional groups attached to an aromatic ring is 1. The molecule has 0 aromatic heterocycles. The highest BCUT2D eigenvalue weighted by molar-refractivity contribution is 6.05. The summed E-state index contributed by atoms with van der Waals surface area (Å²) in [4.78, 5) is 0. The minimum Gasteiger partial charge on any atom is -0.384 e. The second-order valence-electron chi connectivity index (χ2n) is 5.55. The van der Waals surface area contributed by atoms with E-state index in [2.05, 4.69) is 0 Å². The Bertz CT molecular complexity index is 916. The van der Waals surface area contributed by atoms with Crippen molar-refractivity contribution in [1.29, 1.82) is 5.41 Å². The average Bonchev–Trinajstić information content (AvgIpc) is 2.61. The Morgan fingerprint density at radius 1 is 0.760 bits per heavy atom. The molecule has 0 aliphatic carbocycles. The molecule has 0 spiro atoms. The molecule has 3 aromatic carbocycles. The zero-order valence-corrected chi connectivity index (χ0v) is 13.1. The van der Waals surface area contributed by atoms with Gasteiger partial charge in [0.25, 0.3) is 0 Å². The van der Waals surface area contributed by atoms with Crippen molar-refractivity contribution < 1.29 is 13.2 Å². The summed E-state index contributed by atoms with van der Waals surface area (Å²) < 4.78 is 40.4. The molecule has 2 nitrogen and oxygen atoms in total. The van der Waals surface area contributed by atoms with E-state index >= 15 is 0 Å². The van der Waals surface area contributed by atoms with Gasteiger partial charge in [-0.1, -0.05) is 66.7 Å². The number of hydrogen-bond acceptors (Lipinski definition) is 1. The van der Waals surface area contributed by atoms with Crippen LogP contribution in [0.5, 0.6) is 0 Å². The van der Waals surface area contributed by atoms with E-state index in [9.17, 15) is 13.2 Å². The van der Waals surface area contributed by atoms with Gasteiger partial charge in [-0.3, -0.25) is 5.41 Å². The van der Waals surface area contributed by atoms with Crippen LogP contribution in [0.1, 0.15) is 11.1 Å². The Morgan fingerprint density at radius 2 is 1.36 bits per heavy atom. The van der Waals surface area contributed by atoms with Crippen LogP contribution in [-0.4, -0.2) is 5.84 Å². The number of hydrogen-bond donors (Lipinski definition) is 2. The average molecular weight is 340 g/mol. The number of nitrogens with one attached hydrogen (secondary N) is 1. The highest BCUT2D eigenvalue weighted by atomic mass is 19.4. The van der Waals surface area contributed by atoms with Gasteiger partial charge in [-0.2, -0.15) is 13.2 Å². The molecule has 0 aliphatic rings. The normalized spacial score (nSPS) is 11.3. The summed E-state index contributed by atoms with van der Waals surface area (Å²) in [5.41, 5.74) is 7.06. The summed E-state index contributed by atoms with van der Waals surface area (Å²) in [6.07, 6.45) is -4.48. The smallest absolute Gasteiger partial charge is 0.384 e. The van der Waals surface area contributed by atoms with Crippen LogP contribution in [0.15, 0.2) is 72.8 Å². The number of rotatable bonds is 3. The van der Waals surface area contributed by atoms with Crippen LogP contribution in [-0.2, 0) is 6.18 Å². The molecule has 3 N–H and O–H groups in total. The zero-order valence-electron chi connectivity index (χ0n) is 13.1. The highest BCUT2D eigenvalue weighted by Crippen LogP contribution is 2.41. The third-order valence-corrected chi connectivity index (χ3v) is 3.94. The van der Waals surface area contributed by atoms with Crippen molar-refractivity contribution in [2.24, 2.45) is 5.73 Å². The highest BCUT2D eigenvalue weighted by Gasteiger charge is 2.34. The van der Waals surface area contributed by atoms with Gasteiger partial charge in [-0.15, -0.1) is 0 Å². The first kappa shape index (κ1) is 16.8. The predicted octanol–water partition coefficient (Wildman–Crippen LogP) is 5.32. The van der Waals surface area contributed by atoms with Crippen LogP contribution in [0.3, 0.4) is 0 Å². The third kappa shape index (κ3) is 3.26. The summed E-state index contributed by atoms with van der Waals surface area (Å²) in [5.74, 6) is -0.190. The Balaban J connectivity index is 2.36. The molecule has 25 heavy (non-hydrogen) atoms. The van der Waals surface area contributed by atoms with Gasteiger partial charge in [-0.05, 0) is 22.8 Å². The van der Waals surface area contributed by atoms with Crippen LogP contribution in [0.25, 0.3) is 22.3 Å². The van der Waals surface area contributed by atoms with E-state index in [0.29, 0.717) is 22.3 Å². The van der Waals surface area contributed by atoms with E-state index in [1.54, 1.807) is 48.5 Å². The number of alkyl halides is 3. The fourth-order valence-corrected chi connectivity index (χ4v) is 2.88. The van der Waals surface area contributed by atoms with Gasteiger partial charge in [0.05, 0.1) is 5.56 Å². The molecule has 3 rings (SSSR count). The SMILES string of the molecule is N=C(N)c1cccc(-c2ccccc2C(F)(F)F)c1-c1ccccc1. The largest absolute Gasteiger partial charge is 0.417 e. The fraction of sp³-hybridized carbons (Fsp3) is 0.0500. The lowest BCUT2D eigenvalue weighted by Gasteiger charge is -2.18. The maximum absolute atomic E-state index is 13.5. The molecule has 0 fully saturated rings. The molecule has 0 bridgehead atoms. The summed E-state index contributed by atoms with van der Waals surface area (Å²) in [6.45, 7) is 0.